The maximum absolute atomic E-state index is 11.5. The van der Waals surface area contributed by atoms with Gasteiger partial charge in [-0.1, -0.05) is 35.9 Å². The molecule has 0 saturated carbocycles. The number of nitrogens with one attached hydrogen (secondary N) is 1. The number of aromatic amines is 1. The summed E-state index contributed by atoms with van der Waals surface area (Å²) in [5.74, 6) is -2.01. The Bertz CT molecular complexity index is 697. The van der Waals surface area contributed by atoms with E-state index in [0.717, 1.165) is 17.5 Å². The smallest absolute Gasteiger partial charge is 0.312 e. The van der Waals surface area contributed by atoms with Crippen molar-refractivity contribution in [1.29, 1.82) is 0 Å². The van der Waals surface area contributed by atoms with Crippen molar-refractivity contribution in [1.82, 2.24) is 9.97 Å². The Balaban J connectivity index is 2.43. The summed E-state index contributed by atoms with van der Waals surface area (Å²) in [5, 5.41) is 9.21. The number of H-pyrrole nitrogens is 1. The van der Waals surface area contributed by atoms with Crippen LogP contribution >= 0.6 is 11.6 Å². The van der Waals surface area contributed by atoms with Crippen LogP contribution in [0.1, 0.15) is 22.7 Å². The second-order valence-corrected chi connectivity index (χ2v) is 4.83. The first kappa shape index (κ1) is 14.3. The van der Waals surface area contributed by atoms with Gasteiger partial charge in [0.1, 0.15) is 10.9 Å². The number of carboxylic acids is 1. The molecule has 2 rings (SSSR count). The fraction of sp³-hybridized carbons (Fsp3) is 0.214. The highest BCUT2D eigenvalue weighted by Crippen LogP contribution is 2.24. The zero-order chi connectivity index (χ0) is 14.7. The van der Waals surface area contributed by atoms with E-state index in [-0.39, 0.29) is 17.1 Å². The number of aryl methyl sites for hydroxylation is 1. The van der Waals surface area contributed by atoms with Crippen molar-refractivity contribution in [2.75, 3.05) is 0 Å². The molecule has 0 aliphatic heterocycles. The molecule has 5 nitrogen and oxygen atoms in total. The third kappa shape index (κ3) is 2.88. The summed E-state index contributed by atoms with van der Waals surface area (Å²) in [7, 11) is 0. The third-order valence-electron chi connectivity index (χ3n) is 3.14. The van der Waals surface area contributed by atoms with E-state index in [2.05, 4.69) is 9.97 Å². The first-order valence-electron chi connectivity index (χ1n) is 6.01. The minimum atomic E-state index is -1.06. The summed E-state index contributed by atoms with van der Waals surface area (Å²) in [5.41, 5.74) is 1.43. The summed E-state index contributed by atoms with van der Waals surface area (Å²) in [6.45, 7) is 1.90. The molecule has 6 heteroatoms. The molecule has 0 aliphatic carbocycles. The van der Waals surface area contributed by atoms with Gasteiger partial charge in [0.25, 0.3) is 5.56 Å². The van der Waals surface area contributed by atoms with Crippen LogP contribution in [0.25, 0.3) is 0 Å². The van der Waals surface area contributed by atoms with Gasteiger partial charge in [-0.2, -0.15) is 0 Å². The molecule has 0 saturated heterocycles. The van der Waals surface area contributed by atoms with Crippen molar-refractivity contribution in [2.24, 2.45) is 0 Å². The van der Waals surface area contributed by atoms with E-state index in [1.165, 1.54) is 0 Å². The van der Waals surface area contributed by atoms with Crippen molar-refractivity contribution in [3.8, 4) is 0 Å². The predicted molar refractivity (Wildman–Crippen MR) is 75.1 cm³/mol. The van der Waals surface area contributed by atoms with E-state index in [1.807, 2.05) is 31.2 Å². The standard InChI is InChI=1S/C14H13ClN2O3/c1-8-4-2-3-5-9(8)6-10(14(19)20)12-11(15)13(18)17-7-16-12/h2-5,7,10H,6H2,1H3,(H,19,20)(H,16,17,18). The average Bonchev–Trinajstić information content (AvgIpc) is 2.41. The van der Waals surface area contributed by atoms with E-state index in [0.29, 0.717) is 0 Å². The lowest BCUT2D eigenvalue weighted by Crippen LogP contribution is -2.20. The van der Waals surface area contributed by atoms with Crippen LogP contribution in [0.4, 0.5) is 0 Å². The second-order valence-electron chi connectivity index (χ2n) is 4.45. The maximum Gasteiger partial charge on any atom is 0.312 e. The Labute approximate surface area is 120 Å². The van der Waals surface area contributed by atoms with Gasteiger partial charge in [0.05, 0.1) is 12.0 Å². The lowest BCUT2D eigenvalue weighted by molar-refractivity contribution is -0.138. The van der Waals surface area contributed by atoms with Crippen molar-refractivity contribution in [3.63, 3.8) is 0 Å². The molecule has 1 atom stereocenters. The zero-order valence-corrected chi connectivity index (χ0v) is 11.5. The normalized spacial score (nSPS) is 12.1. The molecule has 1 heterocycles. The first-order valence-corrected chi connectivity index (χ1v) is 6.39. The third-order valence-corrected chi connectivity index (χ3v) is 3.50. The Kier molecular flexibility index (Phi) is 4.20. The highest BCUT2D eigenvalue weighted by Gasteiger charge is 2.26. The molecular weight excluding hydrogens is 280 g/mol. The monoisotopic (exact) mass is 292 g/mol. The number of hydrogen-bond donors (Lipinski definition) is 2. The van der Waals surface area contributed by atoms with Crippen LogP contribution < -0.4 is 5.56 Å². The number of aromatic nitrogens is 2. The van der Waals surface area contributed by atoms with Crippen LogP contribution in [0.5, 0.6) is 0 Å². The van der Waals surface area contributed by atoms with Crippen LogP contribution in [-0.4, -0.2) is 21.0 Å². The van der Waals surface area contributed by atoms with Gasteiger partial charge in [-0.15, -0.1) is 0 Å². The largest absolute Gasteiger partial charge is 0.481 e. The quantitative estimate of drug-likeness (QED) is 0.904. The average molecular weight is 293 g/mol. The van der Waals surface area contributed by atoms with Gasteiger partial charge in [-0.05, 0) is 24.5 Å². The molecule has 0 spiro atoms. The maximum atomic E-state index is 11.5. The van der Waals surface area contributed by atoms with Crippen LogP contribution in [0.3, 0.4) is 0 Å². The lowest BCUT2D eigenvalue weighted by atomic mass is 9.93. The number of benzene rings is 1. The summed E-state index contributed by atoms with van der Waals surface area (Å²) in [6.07, 6.45) is 1.40. The predicted octanol–water partition coefficient (Wildman–Crippen LogP) is 2.14. The van der Waals surface area contributed by atoms with Crippen LogP contribution in [0.15, 0.2) is 35.4 Å². The second kappa shape index (κ2) is 5.88. The van der Waals surface area contributed by atoms with Crippen LogP contribution in [0.2, 0.25) is 5.02 Å². The first-order chi connectivity index (χ1) is 9.50. The molecule has 1 unspecified atom stereocenters. The summed E-state index contributed by atoms with van der Waals surface area (Å²) in [6, 6.07) is 7.48. The van der Waals surface area contributed by atoms with E-state index < -0.39 is 17.4 Å². The molecule has 0 aliphatic rings. The van der Waals surface area contributed by atoms with E-state index in [1.54, 1.807) is 0 Å². The molecule has 0 fully saturated rings. The molecule has 104 valence electrons. The zero-order valence-electron chi connectivity index (χ0n) is 10.8. The van der Waals surface area contributed by atoms with Gasteiger partial charge < -0.3 is 10.1 Å². The summed E-state index contributed by atoms with van der Waals surface area (Å²) < 4.78 is 0. The minimum Gasteiger partial charge on any atom is -0.481 e. The molecular formula is C14H13ClN2O3. The van der Waals surface area contributed by atoms with Gasteiger partial charge in [0.2, 0.25) is 0 Å². The molecule has 1 aromatic heterocycles. The molecule has 1 aromatic carbocycles. The Morgan fingerprint density at radius 1 is 1.45 bits per heavy atom. The summed E-state index contributed by atoms with van der Waals surface area (Å²) in [4.78, 5) is 29.2. The lowest BCUT2D eigenvalue weighted by Gasteiger charge is -2.14. The van der Waals surface area contributed by atoms with Crippen molar-refractivity contribution in [2.45, 2.75) is 19.3 Å². The van der Waals surface area contributed by atoms with E-state index >= 15 is 0 Å². The number of carboxylic acid groups (broad SMARTS) is 1. The molecule has 0 bridgehead atoms. The number of halogens is 1. The summed E-state index contributed by atoms with van der Waals surface area (Å²) >= 11 is 5.87. The minimum absolute atomic E-state index is 0.0890. The number of nitrogens with zero attached hydrogens (tertiary/aromatic N) is 1. The molecule has 0 amide bonds. The van der Waals surface area contributed by atoms with Crippen molar-refractivity contribution >= 4 is 17.6 Å². The number of aliphatic carboxylic acids is 1. The Hall–Kier alpha value is -2.14. The fourth-order valence-electron chi connectivity index (χ4n) is 2.00. The number of rotatable bonds is 4. The van der Waals surface area contributed by atoms with Gasteiger partial charge in [-0.3, -0.25) is 9.59 Å². The topological polar surface area (TPSA) is 83.0 Å². The number of hydrogen-bond acceptors (Lipinski definition) is 3. The number of carbonyl (C=O) groups is 1. The van der Waals surface area contributed by atoms with Crippen molar-refractivity contribution in [3.05, 3.63) is 62.8 Å². The van der Waals surface area contributed by atoms with Crippen molar-refractivity contribution < 1.29 is 9.90 Å². The SMILES string of the molecule is Cc1ccccc1CC(C(=O)O)c1nc[nH]c(=O)c1Cl. The molecule has 20 heavy (non-hydrogen) atoms. The molecule has 0 radical (unpaired) electrons. The molecule has 2 aromatic rings. The highest BCUT2D eigenvalue weighted by atomic mass is 35.5. The van der Waals surface area contributed by atoms with Crippen LogP contribution in [-0.2, 0) is 11.2 Å². The Morgan fingerprint density at radius 3 is 2.80 bits per heavy atom. The van der Waals surface area contributed by atoms with Gasteiger partial charge >= 0.3 is 5.97 Å². The molecule has 2 N–H and O–H groups in total. The van der Waals surface area contributed by atoms with Gasteiger partial charge in [0, 0.05) is 0 Å². The van der Waals surface area contributed by atoms with Gasteiger partial charge in [-0.25, -0.2) is 4.98 Å². The Morgan fingerprint density at radius 2 is 2.15 bits per heavy atom. The van der Waals surface area contributed by atoms with Gasteiger partial charge in [0.15, 0.2) is 0 Å². The van der Waals surface area contributed by atoms with Crippen LogP contribution in [0, 0.1) is 6.92 Å². The van der Waals surface area contributed by atoms with E-state index in [4.69, 9.17) is 11.6 Å². The highest BCUT2D eigenvalue weighted by molar-refractivity contribution is 6.31. The van der Waals surface area contributed by atoms with E-state index in [9.17, 15) is 14.7 Å². The fourth-order valence-corrected chi connectivity index (χ4v) is 2.23.